The quantitative estimate of drug-likeness (QED) is 0.282. The first-order chi connectivity index (χ1) is 12.0. The molecule has 0 aliphatic heterocycles. The molecule has 0 spiro atoms. The second-order valence-corrected chi connectivity index (χ2v) is 6.37. The summed E-state index contributed by atoms with van der Waals surface area (Å²) in [4.78, 5) is 12.6. The van der Waals surface area contributed by atoms with Crippen molar-refractivity contribution in [2.24, 2.45) is 9.98 Å². The van der Waals surface area contributed by atoms with Gasteiger partial charge in [0.15, 0.2) is 0 Å². The average molecular weight is 415 g/mol. The van der Waals surface area contributed by atoms with E-state index < -0.39 is 0 Å². The van der Waals surface area contributed by atoms with Gasteiger partial charge in [-0.05, 0) is 62.1 Å². The normalized spacial score (nSPS) is 10.4. The van der Waals surface area contributed by atoms with Crippen LogP contribution in [-0.4, -0.2) is 17.4 Å². The van der Waals surface area contributed by atoms with E-state index in [1.807, 2.05) is 24.6 Å². The van der Waals surface area contributed by atoms with Crippen LogP contribution in [0, 0.1) is 42.5 Å². The molecule has 0 unspecified atom stereocenters. The van der Waals surface area contributed by atoms with Crippen molar-refractivity contribution in [1.82, 2.24) is 4.98 Å². The summed E-state index contributed by atoms with van der Waals surface area (Å²) in [5.74, 6) is 0. The second-order valence-electron chi connectivity index (χ2n) is 6.37. The predicted molar refractivity (Wildman–Crippen MR) is 120 cm³/mol. The minimum Gasteiger partial charge on any atom is -0.358 e. The fourth-order valence-corrected chi connectivity index (χ4v) is 2.87. The number of aryl methyl sites for hydroxylation is 4. The Morgan fingerprint density at radius 3 is 1.25 bits per heavy atom. The third-order valence-electron chi connectivity index (χ3n) is 4.28. The van der Waals surface area contributed by atoms with Gasteiger partial charge in [0.2, 0.25) is 0 Å². The molecule has 0 aliphatic carbocycles. The zero-order chi connectivity index (χ0) is 17.8. The first-order valence-electron chi connectivity index (χ1n) is 8.44. The largest absolute Gasteiger partial charge is 2.00 e. The van der Waals surface area contributed by atoms with E-state index in [1.165, 1.54) is 22.3 Å². The SMILES string of the molecule is Cc1cccc(C)c1N=Cc1ccc(C=Nc2c(C)cccc2C)[nH]1.[CH3-].[CH3-].[Fe+2]. The maximum Gasteiger partial charge on any atom is 2.00 e. The summed E-state index contributed by atoms with van der Waals surface area (Å²) in [6, 6.07) is 16.5. The van der Waals surface area contributed by atoms with E-state index in [-0.39, 0.29) is 31.9 Å². The number of hydrogen-bond donors (Lipinski definition) is 1. The topological polar surface area (TPSA) is 40.5 Å². The van der Waals surface area contributed by atoms with Gasteiger partial charge in [-0.2, -0.15) is 0 Å². The summed E-state index contributed by atoms with van der Waals surface area (Å²) in [6.45, 7) is 8.32. The number of H-pyrrole nitrogens is 1. The molecule has 0 bridgehead atoms. The molecule has 1 aromatic heterocycles. The minimum absolute atomic E-state index is 0. The number of aromatic amines is 1. The van der Waals surface area contributed by atoms with Gasteiger partial charge in [0.05, 0.1) is 35.2 Å². The Bertz CT molecular complexity index is 836. The van der Waals surface area contributed by atoms with Gasteiger partial charge in [0.1, 0.15) is 0 Å². The molecule has 0 amide bonds. The molecule has 0 fully saturated rings. The van der Waals surface area contributed by atoms with Gasteiger partial charge in [-0.3, -0.25) is 9.98 Å². The van der Waals surface area contributed by atoms with Crippen LogP contribution in [0.3, 0.4) is 0 Å². The Hall–Kier alpha value is -2.42. The summed E-state index contributed by atoms with van der Waals surface area (Å²) in [6.07, 6.45) is 3.73. The molecule has 1 heterocycles. The van der Waals surface area contributed by atoms with Crippen LogP contribution in [0.4, 0.5) is 11.4 Å². The molecule has 4 heteroatoms. The molecule has 0 aliphatic rings. The Morgan fingerprint density at radius 2 is 0.929 bits per heavy atom. The van der Waals surface area contributed by atoms with Crippen LogP contribution < -0.4 is 0 Å². The van der Waals surface area contributed by atoms with E-state index in [4.69, 9.17) is 0 Å². The molecule has 0 radical (unpaired) electrons. The summed E-state index contributed by atoms with van der Waals surface area (Å²) >= 11 is 0. The molecular formula is C24H29FeN3. The Labute approximate surface area is 180 Å². The van der Waals surface area contributed by atoms with Gasteiger partial charge in [0, 0.05) is 0 Å². The molecule has 0 atom stereocenters. The van der Waals surface area contributed by atoms with Crippen molar-refractivity contribution in [2.45, 2.75) is 27.7 Å². The average Bonchev–Trinajstić information content (AvgIpc) is 3.02. The fraction of sp³-hybridized carbons (Fsp3) is 0.167. The van der Waals surface area contributed by atoms with Crippen molar-refractivity contribution in [3.8, 4) is 0 Å². The number of benzene rings is 2. The standard InChI is InChI=1S/C22H23N3.2CH3.Fe/c1-15-7-5-8-16(2)21(15)23-13-19-11-12-20(25-19)14-24-22-17(3)9-6-10-18(22)4;;;/h5-14,25H,1-4H3;2*1H3;/q;2*-1;+2. The van der Waals surface area contributed by atoms with E-state index in [1.54, 1.807) is 0 Å². The first kappa shape index (κ1) is 25.6. The summed E-state index contributed by atoms with van der Waals surface area (Å²) in [5, 5.41) is 0. The molecule has 1 N–H and O–H groups in total. The molecule has 3 rings (SSSR count). The molecule has 3 aromatic rings. The number of nitrogens with zero attached hydrogens (tertiary/aromatic N) is 2. The predicted octanol–water partition coefficient (Wildman–Crippen LogP) is 6.65. The molecule has 148 valence electrons. The van der Waals surface area contributed by atoms with Crippen LogP contribution in [-0.2, 0) is 17.1 Å². The van der Waals surface area contributed by atoms with Crippen molar-refractivity contribution >= 4 is 23.8 Å². The third kappa shape index (κ3) is 6.05. The number of rotatable bonds is 4. The Kier molecular flexibility index (Phi) is 10.4. The molecule has 2 aromatic carbocycles. The monoisotopic (exact) mass is 415 g/mol. The maximum absolute atomic E-state index is 4.63. The maximum atomic E-state index is 4.63. The van der Waals surface area contributed by atoms with Gasteiger partial charge < -0.3 is 19.8 Å². The Morgan fingerprint density at radius 1 is 0.607 bits per heavy atom. The van der Waals surface area contributed by atoms with E-state index in [9.17, 15) is 0 Å². The molecule has 3 nitrogen and oxygen atoms in total. The summed E-state index contributed by atoms with van der Waals surface area (Å²) < 4.78 is 0. The van der Waals surface area contributed by atoms with E-state index >= 15 is 0 Å². The molecule has 0 saturated carbocycles. The number of aliphatic imine (C=N–C) groups is 2. The van der Waals surface area contributed by atoms with Gasteiger partial charge in [-0.25, -0.2) is 0 Å². The van der Waals surface area contributed by atoms with Crippen molar-refractivity contribution in [2.75, 3.05) is 0 Å². The van der Waals surface area contributed by atoms with E-state index in [0.717, 1.165) is 22.8 Å². The van der Waals surface area contributed by atoms with Gasteiger partial charge in [0.25, 0.3) is 0 Å². The van der Waals surface area contributed by atoms with Crippen LogP contribution >= 0.6 is 0 Å². The minimum atomic E-state index is 0. The number of hydrogen-bond acceptors (Lipinski definition) is 2. The number of nitrogens with one attached hydrogen (secondary N) is 1. The van der Waals surface area contributed by atoms with Crippen LogP contribution in [0.15, 0.2) is 58.5 Å². The van der Waals surface area contributed by atoms with Crippen LogP contribution in [0.1, 0.15) is 33.6 Å². The van der Waals surface area contributed by atoms with Crippen LogP contribution in [0.5, 0.6) is 0 Å². The van der Waals surface area contributed by atoms with Crippen LogP contribution in [0.25, 0.3) is 0 Å². The Balaban J connectivity index is 0.00000243. The van der Waals surface area contributed by atoms with Crippen molar-refractivity contribution in [3.63, 3.8) is 0 Å². The molecule has 0 saturated heterocycles. The number of aromatic nitrogens is 1. The number of para-hydroxylation sites is 2. The zero-order valence-electron chi connectivity index (χ0n) is 17.5. The second kappa shape index (κ2) is 11.4. The van der Waals surface area contributed by atoms with Gasteiger partial charge >= 0.3 is 17.1 Å². The summed E-state index contributed by atoms with van der Waals surface area (Å²) in [5.41, 5.74) is 8.71. The smallest absolute Gasteiger partial charge is 0.358 e. The van der Waals surface area contributed by atoms with E-state index in [2.05, 4.69) is 79.1 Å². The molecular weight excluding hydrogens is 386 g/mol. The van der Waals surface area contributed by atoms with Gasteiger partial charge in [-0.15, -0.1) is 0 Å². The van der Waals surface area contributed by atoms with Crippen molar-refractivity contribution < 1.29 is 17.1 Å². The van der Waals surface area contributed by atoms with Crippen molar-refractivity contribution in [1.29, 1.82) is 0 Å². The van der Waals surface area contributed by atoms with Crippen molar-refractivity contribution in [3.05, 3.63) is 97.0 Å². The molecule has 28 heavy (non-hydrogen) atoms. The van der Waals surface area contributed by atoms with Crippen LogP contribution in [0.2, 0.25) is 0 Å². The zero-order valence-corrected chi connectivity index (χ0v) is 18.6. The summed E-state index contributed by atoms with van der Waals surface area (Å²) in [7, 11) is 0. The first-order valence-corrected chi connectivity index (χ1v) is 8.44. The third-order valence-corrected chi connectivity index (χ3v) is 4.28. The fourth-order valence-electron chi connectivity index (χ4n) is 2.87. The van der Waals surface area contributed by atoms with Gasteiger partial charge in [-0.1, -0.05) is 36.4 Å². The van der Waals surface area contributed by atoms with E-state index in [0.29, 0.717) is 0 Å².